The molecule has 0 radical (unpaired) electrons. The number of benzene rings is 1. The predicted octanol–water partition coefficient (Wildman–Crippen LogP) is 5.56. The van der Waals surface area contributed by atoms with Crippen molar-refractivity contribution >= 4 is 5.97 Å². The molecule has 0 spiro atoms. The molecule has 2 aliphatic rings. The van der Waals surface area contributed by atoms with Crippen LogP contribution in [-0.4, -0.2) is 12.1 Å². The molecule has 4 atom stereocenters. The van der Waals surface area contributed by atoms with Crippen molar-refractivity contribution in [3.05, 3.63) is 59.7 Å². The van der Waals surface area contributed by atoms with E-state index in [1.165, 1.54) is 11.1 Å². The molecule has 3 rings (SSSR count). The third-order valence-corrected chi connectivity index (χ3v) is 6.21. The number of rotatable bonds is 3. The quantitative estimate of drug-likeness (QED) is 0.537. The molecule has 0 unspecified atom stereocenters. The standard InChI is InChI=1S/C22H28O2/c1-15(2)18-13-19-16(3)9-8-12-22(19,4)20(14-18)24-21(23)17-10-6-5-7-11-17/h5-7,9-11,18-20H,1,8,12-14H2,2-4H3/t18-,19-,20-,22-/m0/s1. The Morgan fingerprint density at radius 1 is 1.25 bits per heavy atom. The maximum Gasteiger partial charge on any atom is 0.338 e. The van der Waals surface area contributed by atoms with Gasteiger partial charge in [-0.05, 0) is 63.5 Å². The Morgan fingerprint density at radius 2 is 1.96 bits per heavy atom. The summed E-state index contributed by atoms with van der Waals surface area (Å²) in [6.45, 7) is 10.8. The van der Waals surface area contributed by atoms with Crippen LogP contribution in [0, 0.1) is 17.3 Å². The predicted molar refractivity (Wildman–Crippen MR) is 97.8 cm³/mol. The van der Waals surface area contributed by atoms with Gasteiger partial charge in [0.15, 0.2) is 0 Å². The number of ether oxygens (including phenoxy) is 1. The van der Waals surface area contributed by atoms with Crippen LogP contribution in [0.2, 0.25) is 0 Å². The molecule has 1 aromatic rings. The smallest absolute Gasteiger partial charge is 0.338 e. The van der Waals surface area contributed by atoms with E-state index in [0.29, 0.717) is 17.4 Å². The zero-order valence-electron chi connectivity index (χ0n) is 15.0. The molecule has 0 aromatic heterocycles. The second-order valence-electron chi connectivity index (χ2n) is 7.82. The van der Waals surface area contributed by atoms with Gasteiger partial charge in [-0.1, -0.05) is 48.9 Å². The van der Waals surface area contributed by atoms with Crippen LogP contribution in [0.5, 0.6) is 0 Å². The second kappa shape index (κ2) is 6.58. The summed E-state index contributed by atoms with van der Waals surface area (Å²) in [5.41, 5.74) is 3.33. The number of fused-ring (bicyclic) bond motifs is 1. The van der Waals surface area contributed by atoms with E-state index in [0.717, 1.165) is 25.7 Å². The van der Waals surface area contributed by atoms with Crippen LogP contribution in [0.15, 0.2) is 54.1 Å². The summed E-state index contributed by atoms with van der Waals surface area (Å²) < 4.78 is 6.07. The largest absolute Gasteiger partial charge is 0.458 e. The summed E-state index contributed by atoms with van der Waals surface area (Å²) >= 11 is 0. The minimum absolute atomic E-state index is 0.0369. The van der Waals surface area contributed by atoms with Gasteiger partial charge in [-0.15, -0.1) is 0 Å². The molecule has 1 fully saturated rings. The van der Waals surface area contributed by atoms with Gasteiger partial charge in [0.25, 0.3) is 0 Å². The van der Waals surface area contributed by atoms with Crippen LogP contribution in [0.4, 0.5) is 0 Å². The topological polar surface area (TPSA) is 26.3 Å². The number of hydrogen-bond donors (Lipinski definition) is 0. The van der Waals surface area contributed by atoms with Crippen molar-refractivity contribution in [1.29, 1.82) is 0 Å². The summed E-state index contributed by atoms with van der Waals surface area (Å²) in [7, 11) is 0. The Balaban J connectivity index is 1.87. The second-order valence-corrected chi connectivity index (χ2v) is 7.82. The minimum Gasteiger partial charge on any atom is -0.458 e. The Bertz CT molecular complexity index is 658. The first-order chi connectivity index (χ1) is 11.4. The molecule has 2 nitrogen and oxygen atoms in total. The summed E-state index contributed by atoms with van der Waals surface area (Å²) in [5.74, 6) is 0.712. The summed E-state index contributed by atoms with van der Waals surface area (Å²) in [6, 6.07) is 9.33. The fraction of sp³-hybridized carbons (Fsp3) is 0.500. The Morgan fingerprint density at radius 3 is 2.62 bits per heavy atom. The number of carbonyl (C=O) groups excluding carboxylic acids is 1. The lowest BCUT2D eigenvalue weighted by Gasteiger charge is -2.51. The van der Waals surface area contributed by atoms with Crippen molar-refractivity contribution < 1.29 is 9.53 Å². The molecule has 2 heteroatoms. The van der Waals surface area contributed by atoms with Crippen LogP contribution < -0.4 is 0 Å². The zero-order chi connectivity index (χ0) is 17.3. The van der Waals surface area contributed by atoms with Crippen molar-refractivity contribution in [2.45, 2.75) is 52.6 Å². The lowest BCUT2D eigenvalue weighted by atomic mass is 9.56. The monoisotopic (exact) mass is 324 g/mol. The molecule has 1 aromatic carbocycles. The van der Waals surface area contributed by atoms with Crippen LogP contribution >= 0.6 is 0 Å². The summed E-state index contributed by atoms with van der Waals surface area (Å²) in [5, 5.41) is 0. The van der Waals surface area contributed by atoms with Crippen LogP contribution in [-0.2, 0) is 4.74 Å². The Hall–Kier alpha value is -1.83. The van der Waals surface area contributed by atoms with Crippen molar-refractivity contribution in [3.8, 4) is 0 Å². The van der Waals surface area contributed by atoms with E-state index in [-0.39, 0.29) is 17.5 Å². The fourth-order valence-corrected chi connectivity index (χ4v) is 4.55. The maximum absolute atomic E-state index is 12.6. The van der Waals surface area contributed by atoms with E-state index in [4.69, 9.17) is 4.74 Å². The molecule has 2 aliphatic carbocycles. The van der Waals surface area contributed by atoms with Gasteiger partial charge in [0.2, 0.25) is 0 Å². The van der Waals surface area contributed by atoms with E-state index in [2.05, 4.69) is 33.4 Å². The number of allylic oxidation sites excluding steroid dienone is 3. The molecule has 0 amide bonds. The SMILES string of the molecule is C=C(C)[C@@H]1C[C@H](OC(=O)c2ccccc2)[C@@]2(C)CCC=C(C)[C@@H]2C1. The highest BCUT2D eigenvalue weighted by molar-refractivity contribution is 5.89. The van der Waals surface area contributed by atoms with Crippen molar-refractivity contribution in [2.75, 3.05) is 0 Å². The highest BCUT2D eigenvalue weighted by Gasteiger charge is 2.50. The fourth-order valence-electron chi connectivity index (χ4n) is 4.55. The van der Waals surface area contributed by atoms with Crippen molar-refractivity contribution in [2.24, 2.45) is 17.3 Å². The van der Waals surface area contributed by atoms with Gasteiger partial charge in [-0.3, -0.25) is 0 Å². The third-order valence-electron chi connectivity index (χ3n) is 6.21. The van der Waals surface area contributed by atoms with E-state index in [1.807, 2.05) is 30.3 Å². The van der Waals surface area contributed by atoms with Gasteiger partial charge in [-0.2, -0.15) is 0 Å². The number of carbonyl (C=O) groups is 1. The molecule has 0 bridgehead atoms. The molecular formula is C22H28O2. The third kappa shape index (κ3) is 3.07. The molecule has 0 aliphatic heterocycles. The van der Waals surface area contributed by atoms with Crippen molar-refractivity contribution in [3.63, 3.8) is 0 Å². The number of esters is 1. The first kappa shape index (κ1) is 17.0. The average Bonchev–Trinajstić information content (AvgIpc) is 2.56. The van der Waals surface area contributed by atoms with Gasteiger partial charge >= 0.3 is 5.97 Å². The molecule has 24 heavy (non-hydrogen) atoms. The van der Waals surface area contributed by atoms with Crippen LogP contribution in [0.1, 0.15) is 56.8 Å². The molecule has 0 N–H and O–H groups in total. The lowest BCUT2D eigenvalue weighted by molar-refractivity contribution is -0.0703. The van der Waals surface area contributed by atoms with E-state index < -0.39 is 0 Å². The summed E-state index contributed by atoms with van der Waals surface area (Å²) in [4.78, 5) is 12.6. The molecule has 1 saturated carbocycles. The van der Waals surface area contributed by atoms with Gasteiger partial charge in [0.1, 0.15) is 6.10 Å². The molecule has 0 heterocycles. The Kier molecular flexibility index (Phi) is 4.67. The molecule has 0 saturated heterocycles. The highest BCUT2D eigenvalue weighted by Crippen LogP contribution is 2.54. The van der Waals surface area contributed by atoms with E-state index in [9.17, 15) is 4.79 Å². The Labute approximate surface area is 145 Å². The highest BCUT2D eigenvalue weighted by atomic mass is 16.5. The van der Waals surface area contributed by atoms with Gasteiger partial charge < -0.3 is 4.74 Å². The zero-order valence-corrected chi connectivity index (χ0v) is 15.0. The van der Waals surface area contributed by atoms with Crippen LogP contribution in [0.3, 0.4) is 0 Å². The lowest BCUT2D eigenvalue weighted by Crippen LogP contribution is -2.49. The maximum atomic E-state index is 12.6. The first-order valence-electron chi connectivity index (χ1n) is 9.00. The van der Waals surface area contributed by atoms with Crippen LogP contribution in [0.25, 0.3) is 0 Å². The van der Waals surface area contributed by atoms with Crippen molar-refractivity contribution in [1.82, 2.24) is 0 Å². The normalized spacial score (nSPS) is 32.5. The average molecular weight is 324 g/mol. The van der Waals surface area contributed by atoms with E-state index in [1.54, 1.807) is 0 Å². The van der Waals surface area contributed by atoms with Gasteiger partial charge in [0.05, 0.1) is 5.56 Å². The minimum atomic E-state index is -0.199. The van der Waals surface area contributed by atoms with E-state index >= 15 is 0 Å². The van der Waals surface area contributed by atoms with Gasteiger partial charge in [-0.25, -0.2) is 4.79 Å². The van der Waals surface area contributed by atoms with Gasteiger partial charge in [0, 0.05) is 5.41 Å². The molecular weight excluding hydrogens is 296 g/mol. The first-order valence-corrected chi connectivity index (χ1v) is 9.00. The summed E-state index contributed by atoms with van der Waals surface area (Å²) in [6.07, 6.45) is 6.51. The number of hydrogen-bond acceptors (Lipinski definition) is 2. The molecule has 128 valence electrons.